The van der Waals surface area contributed by atoms with E-state index in [0.29, 0.717) is 0 Å². The van der Waals surface area contributed by atoms with E-state index >= 15 is 0 Å². The number of hydrogen-bond donors (Lipinski definition) is 2. The van der Waals surface area contributed by atoms with Gasteiger partial charge in [0.15, 0.2) is 0 Å². The molecule has 0 fully saturated rings. The van der Waals surface area contributed by atoms with E-state index in [1.54, 1.807) is 11.3 Å². The molecule has 3 rings (SSSR count). The molecular formula is C12H11N3S. The van der Waals surface area contributed by atoms with Gasteiger partial charge in [0.25, 0.3) is 0 Å². The zero-order chi connectivity index (χ0) is 10.8. The number of rotatable bonds is 3. The van der Waals surface area contributed by atoms with E-state index in [2.05, 4.69) is 45.2 Å². The first-order chi connectivity index (χ1) is 7.93. The fourth-order valence-electron chi connectivity index (χ4n) is 1.71. The van der Waals surface area contributed by atoms with Gasteiger partial charge in [0, 0.05) is 16.8 Å². The number of anilines is 1. The Morgan fingerprint density at radius 2 is 2.25 bits per heavy atom. The molecular weight excluding hydrogens is 218 g/mol. The van der Waals surface area contributed by atoms with Crippen molar-refractivity contribution < 1.29 is 0 Å². The van der Waals surface area contributed by atoms with Crippen molar-refractivity contribution in [1.29, 1.82) is 0 Å². The normalized spacial score (nSPS) is 10.8. The summed E-state index contributed by atoms with van der Waals surface area (Å²) in [5.41, 5.74) is 2.17. The van der Waals surface area contributed by atoms with Crippen LogP contribution in [0.2, 0.25) is 0 Å². The topological polar surface area (TPSA) is 40.7 Å². The number of benzene rings is 1. The first-order valence-electron chi connectivity index (χ1n) is 5.12. The van der Waals surface area contributed by atoms with Crippen LogP contribution in [0.5, 0.6) is 0 Å². The molecule has 0 aliphatic heterocycles. The standard InChI is InChI=1S/C12H11N3S/c1-3-9-7-14-15-12(9)11(5-1)13-8-10-4-2-6-16-10/h1-7,13H,8H2,(H,14,15). The quantitative estimate of drug-likeness (QED) is 0.724. The van der Waals surface area contributed by atoms with Crippen LogP contribution in [0.15, 0.2) is 41.9 Å². The van der Waals surface area contributed by atoms with Crippen molar-refractivity contribution >= 4 is 27.9 Å². The highest BCUT2D eigenvalue weighted by Gasteiger charge is 2.01. The van der Waals surface area contributed by atoms with Gasteiger partial charge in [0.1, 0.15) is 0 Å². The van der Waals surface area contributed by atoms with Crippen molar-refractivity contribution in [2.24, 2.45) is 0 Å². The van der Waals surface area contributed by atoms with Crippen molar-refractivity contribution in [3.05, 3.63) is 46.8 Å². The third-order valence-electron chi connectivity index (χ3n) is 2.51. The highest BCUT2D eigenvalue weighted by Crippen LogP contribution is 2.21. The van der Waals surface area contributed by atoms with E-state index in [9.17, 15) is 0 Å². The first kappa shape index (κ1) is 9.42. The first-order valence-corrected chi connectivity index (χ1v) is 6.00. The molecule has 2 N–H and O–H groups in total. The smallest absolute Gasteiger partial charge is 0.0881 e. The summed E-state index contributed by atoms with van der Waals surface area (Å²) in [5.74, 6) is 0. The fourth-order valence-corrected chi connectivity index (χ4v) is 2.36. The van der Waals surface area contributed by atoms with Crippen LogP contribution in [0.1, 0.15) is 4.88 Å². The van der Waals surface area contributed by atoms with E-state index in [1.807, 2.05) is 12.3 Å². The molecule has 0 saturated carbocycles. The van der Waals surface area contributed by atoms with Crippen LogP contribution in [0.3, 0.4) is 0 Å². The van der Waals surface area contributed by atoms with Gasteiger partial charge in [-0.05, 0) is 17.5 Å². The van der Waals surface area contributed by atoms with Crippen LogP contribution >= 0.6 is 11.3 Å². The number of para-hydroxylation sites is 1. The van der Waals surface area contributed by atoms with E-state index in [-0.39, 0.29) is 0 Å². The molecule has 3 aromatic rings. The zero-order valence-corrected chi connectivity index (χ0v) is 9.42. The predicted octanol–water partition coefficient (Wildman–Crippen LogP) is 3.24. The molecule has 2 aromatic heterocycles. The molecule has 0 amide bonds. The summed E-state index contributed by atoms with van der Waals surface area (Å²) < 4.78 is 0. The Kier molecular flexibility index (Phi) is 2.34. The zero-order valence-electron chi connectivity index (χ0n) is 8.60. The molecule has 0 spiro atoms. The van der Waals surface area contributed by atoms with Gasteiger partial charge in [0.2, 0.25) is 0 Å². The molecule has 0 atom stereocenters. The van der Waals surface area contributed by atoms with Gasteiger partial charge in [-0.3, -0.25) is 5.10 Å². The van der Waals surface area contributed by atoms with Crippen molar-refractivity contribution in [1.82, 2.24) is 10.2 Å². The van der Waals surface area contributed by atoms with Gasteiger partial charge in [-0.25, -0.2) is 0 Å². The second-order valence-electron chi connectivity index (χ2n) is 3.57. The monoisotopic (exact) mass is 229 g/mol. The van der Waals surface area contributed by atoms with E-state index < -0.39 is 0 Å². The average molecular weight is 229 g/mol. The Morgan fingerprint density at radius 1 is 1.25 bits per heavy atom. The molecule has 4 heteroatoms. The van der Waals surface area contributed by atoms with Gasteiger partial charge >= 0.3 is 0 Å². The highest BCUT2D eigenvalue weighted by molar-refractivity contribution is 7.09. The molecule has 3 nitrogen and oxygen atoms in total. The lowest BCUT2D eigenvalue weighted by atomic mass is 10.2. The number of thiophene rings is 1. The third-order valence-corrected chi connectivity index (χ3v) is 3.39. The lowest BCUT2D eigenvalue weighted by Crippen LogP contribution is -1.97. The minimum Gasteiger partial charge on any atom is -0.378 e. The van der Waals surface area contributed by atoms with Gasteiger partial charge < -0.3 is 5.32 Å². The Bertz CT molecular complexity index is 583. The second kappa shape index (κ2) is 3.98. The minimum atomic E-state index is 0.857. The molecule has 0 unspecified atom stereocenters. The Morgan fingerprint density at radius 3 is 3.12 bits per heavy atom. The number of H-pyrrole nitrogens is 1. The van der Waals surface area contributed by atoms with Crippen molar-refractivity contribution in [3.8, 4) is 0 Å². The molecule has 0 bridgehead atoms. The highest BCUT2D eigenvalue weighted by atomic mass is 32.1. The minimum absolute atomic E-state index is 0.857. The van der Waals surface area contributed by atoms with Crippen LogP contribution < -0.4 is 5.32 Å². The number of nitrogens with zero attached hydrogens (tertiary/aromatic N) is 1. The summed E-state index contributed by atoms with van der Waals surface area (Å²) >= 11 is 1.76. The van der Waals surface area contributed by atoms with Gasteiger partial charge in [0.05, 0.1) is 17.4 Å². The van der Waals surface area contributed by atoms with Crippen LogP contribution in [-0.2, 0) is 6.54 Å². The maximum Gasteiger partial charge on any atom is 0.0881 e. The molecule has 80 valence electrons. The van der Waals surface area contributed by atoms with Gasteiger partial charge in [-0.1, -0.05) is 18.2 Å². The van der Waals surface area contributed by atoms with Crippen molar-refractivity contribution in [2.45, 2.75) is 6.54 Å². The van der Waals surface area contributed by atoms with E-state index in [4.69, 9.17) is 0 Å². The number of aromatic amines is 1. The van der Waals surface area contributed by atoms with Gasteiger partial charge in [-0.15, -0.1) is 11.3 Å². The number of hydrogen-bond acceptors (Lipinski definition) is 3. The van der Waals surface area contributed by atoms with E-state index in [1.165, 1.54) is 4.88 Å². The predicted molar refractivity (Wildman–Crippen MR) is 67.7 cm³/mol. The maximum absolute atomic E-state index is 4.04. The Labute approximate surface area is 97.1 Å². The molecule has 16 heavy (non-hydrogen) atoms. The van der Waals surface area contributed by atoms with E-state index in [0.717, 1.165) is 23.1 Å². The third kappa shape index (κ3) is 1.67. The molecule has 1 aromatic carbocycles. The molecule has 2 heterocycles. The van der Waals surface area contributed by atoms with Crippen LogP contribution in [0.4, 0.5) is 5.69 Å². The Hall–Kier alpha value is -1.81. The molecule has 0 saturated heterocycles. The SMILES string of the molecule is c1csc(CNc2cccc3cn[nH]c23)c1. The summed E-state index contributed by atoms with van der Waals surface area (Å²) in [4.78, 5) is 1.33. The van der Waals surface area contributed by atoms with Crippen LogP contribution in [-0.4, -0.2) is 10.2 Å². The summed E-state index contributed by atoms with van der Waals surface area (Å²) in [5, 5.41) is 13.7. The number of fused-ring (bicyclic) bond motifs is 1. The van der Waals surface area contributed by atoms with Crippen molar-refractivity contribution in [2.75, 3.05) is 5.32 Å². The molecule has 0 aliphatic carbocycles. The fraction of sp³-hybridized carbons (Fsp3) is 0.0833. The Balaban J connectivity index is 1.86. The largest absolute Gasteiger partial charge is 0.378 e. The maximum atomic E-state index is 4.04. The summed E-state index contributed by atoms with van der Waals surface area (Å²) in [6, 6.07) is 10.3. The van der Waals surface area contributed by atoms with Crippen LogP contribution in [0, 0.1) is 0 Å². The lowest BCUT2D eigenvalue weighted by Gasteiger charge is -2.05. The summed E-state index contributed by atoms with van der Waals surface area (Å²) in [6.45, 7) is 0.857. The van der Waals surface area contributed by atoms with Crippen molar-refractivity contribution in [3.63, 3.8) is 0 Å². The lowest BCUT2D eigenvalue weighted by molar-refractivity contribution is 1.11. The summed E-state index contributed by atoms with van der Waals surface area (Å²) in [6.07, 6.45) is 1.84. The van der Waals surface area contributed by atoms with Gasteiger partial charge in [-0.2, -0.15) is 5.10 Å². The second-order valence-corrected chi connectivity index (χ2v) is 4.60. The average Bonchev–Trinajstić information content (AvgIpc) is 2.97. The summed E-state index contributed by atoms with van der Waals surface area (Å²) in [7, 11) is 0. The van der Waals surface area contributed by atoms with Crippen LogP contribution in [0.25, 0.3) is 10.9 Å². The number of nitrogens with one attached hydrogen (secondary N) is 2. The molecule has 0 aliphatic rings. The molecule has 0 radical (unpaired) electrons. The number of aromatic nitrogens is 2.